The molecule has 5 nitrogen and oxygen atoms in total. The number of hydrogen-bond acceptors (Lipinski definition) is 3. The van der Waals surface area contributed by atoms with Gasteiger partial charge in [0.2, 0.25) is 11.8 Å². The molecule has 7 heteroatoms. The van der Waals surface area contributed by atoms with Gasteiger partial charge in [0.1, 0.15) is 0 Å². The number of anilines is 2. The van der Waals surface area contributed by atoms with Gasteiger partial charge in [-0.15, -0.1) is 0 Å². The van der Waals surface area contributed by atoms with E-state index in [1.807, 2.05) is 13.0 Å². The molecule has 1 aliphatic carbocycles. The number of imide groups is 1. The smallest absolute Gasteiger partial charge is 0.255 e. The first-order valence-corrected chi connectivity index (χ1v) is 10.0. The van der Waals surface area contributed by atoms with E-state index in [0.29, 0.717) is 39.8 Å². The maximum absolute atomic E-state index is 12.8. The van der Waals surface area contributed by atoms with Crippen LogP contribution >= 0.6 is 23.2 Å². The first-order valence-electron chi connectivity index (χ1n) is 9.25. The van der Waals surface area contributed by atoms with Gasteiger partial charge in [-0.1, -0.05) is 34.9 Å². The zero-order valence-electron chi connectivity index (χ0n) is 15.6. The van der Waals surface area contributed by atoms with Crippen LogP contribution in [-0.4, -0.2) is 17.7 Å². The number of nitrogens with one attached hydrogen (secondary N) is 1. The van der Waals surface area contributed by atoms with Gasteiger partial charge in [-0.05, 0) is 62.2 Å². The summed E-state index contributed by atoms with van der Waals surface area (Å²) >= 11 is 11.9. The van der Waals surface area contributed by atoms with Crippen molar-refractivity contribution in [1.29, 1.82) is 0 Å². The van der Waals surface area contributed by atoms with Crippen LogP contribution in [0, 0.1) is 11.8 Å². The lowest BCUT2D eigenvalue weighted by molar-refractivity contribution is -0.122. The van der Waals surface area contributed by atoms with Crippen LogP contribution in [0.4, 0.5) is 11.4 Å². The molecule has 29 heavy (non-hydrogen) atoms. The second-order valence-corrected chi connectivity index (χ2v) is 8.16. The van der Waals surface area contributed by atoms with Crippen molar-refractivity contribution in [2.45, 2.75) is 19.8 Å². The second kappa shape index (κ2) is 7.65. The number of carbonyl (C=O) groups excluding carboxylic acids is 3. The Kier molecular flexibility index (Phi) is 5.19. The molecule has 0 bridgehead atoms. The highest BCUT2D eigenvalue weighted by Crippen LogP contribution is 2.39. The molecule has 1 heterocycles. The molecule has 2 aromatic carbocycles. The van der Waals surface area contributed by atoms with Gasteiger partial charge in [0, 0.05) is 11.3 Å². The van der Waals surface area contributed by atoms with Crippen LogP contribution in [0.25, 0.3) is 0 Å². The van der Waals surface area contributed by atoms with Crippen LogP contribution in [0.15, 0.2) is 54.1 Å². The van der Waals surface area contributed by atoms with E-state index in [4.69, 9.17) is 23.2 Å². The molecular weight excluding hydrogens is 411 g/mol. The number of hydrogen-bond donors (Lipinski definition) is 1. The fourth-order valence-corrected chi connectivity index (χ4v) is 4.13. The van der Waals surface area contributed by atoms with Crippen molar-refractivity contribution in [2.24, 2.45) is 11.8 Å². The number of amides is 3. The van der Waals surface area contributed by atoms with Gasteiger partial charge < -0.3 is 5.32 Å². The van der Waals surface area contributed by atoms with Crippen molar-refractivity contribution in [2.75, 3.05) is 10.2 Å². The largest absolute Gasteiger partial charge is 0.322 e. The minimum Gasteiger partial charge on any atom is -0.322 e. The maximum atomic E-state index is 12.8. The number of halogens is 2. The van der Waals surface area contributed by atoms with Gasteiger partial charge >= 0.3 is 0 Å². The number of carbonyl (C=O) groups is 3. The van der Waals surface area contributed by atoms with Gasteiger partial charge in [-0.3, -0.25) is 19.3 Å². The normalized spacial score (nSPS) is 21.1. The zero-order valence-corrected chi connectivity index (χ0v) is 17.1. The number of benzene rings is 2. The quantitative estimate of drug-likeness (QED) is 0.546. The summed E-state index contributed by atoms with van der Waals surface area (Å²) in [5.74, 6) is -1.24. The Labute approximate surface area is 178 Å². The Morgan fingerprint density at radius 2 is 1.69 bits per heavy atom. The minimum atomic E-state index is -0.331. The Morgan fingerprint density at radius 1 is 1.00 bits per heavy atom. The summed E-state index contributed by atoms with van der Waals surface area (Å²) in [6, 6.07) is 11.2. The van der Waals surface area contributed by atoms with Gasteiger partial charge in [0.25, 0.3) is 5.91 Å². The van der Waals surface area contributed by atoms with Crippen LogP contribution < -0.4 is 10.2 Å². The van der Waals surface area contributed by atoms with Crippen molar-refractivity contribution in [3.63, 3.8) is 0 Å². The third-order valence-electron chi connectivity index (χ3n) is 5.39. The molecule has 148 valence electrons. The highest BCUT2D eigenvalue weighted by molar-refractivity contribution is 6.42. The van der Waals surface area contributed by atoms with Gasteiger partial charge in [-0.25, -0.2) is 0 Å². The lowest BCUT2D eigenvalue weighted by Crippen LogP contribution is -2.30. The monoisotopic (exact) mass is 428 g/mol. The fourth-order valence-electron chi connectivity index (χ4n) is 3.83. The molecule has 2 aliphatic rings. The molecule has 1 saturated heterocycles. The molecule has 0 spiro atoms. The van der Waals surface area contributed by atoms with E-state index in [0.717, 1.165) is 5.57 Å². The maximum Gasteiger partial charge on any atom is 0.255 e. The summed E-state index contributed by atoms with van der Waals surface area (Å²) in [6.45, 7) is 1.98. The molecule has 0 radical (unpaired) electrons. The van der Waals surface area contributed by atoms with Crippen LogP contribution in [0.1, 0.15) is 30.1 Å². The van der Waals surface area contributed by atoms with Gasteiger partial charge in [0.05, 0.1) is 27.6 Å². The highest BCUT2D eigenvalue weighted by Gasteiger charge is 2.48. The highest BCUT2D eigenvalue weighted by atomic mass is 35.5. The summed E-state index contributed by atoms with van der Waals surface area (Å²) in [5, 5.41) is 3.49. The zero-order chi connectivity index (χ0) is 20.7. The first-order chi connectivity index (χ1) is 13.8. The van der Waals surface area contributed by atoms with Crippen molar-refractivity contribution in [1.82, 2.24) is 0 Å². The number of rotatable bonds is 3. The van der Waals surface area contributed by atoms with E-state index in [-0.39, 0.29) is 29.6 Å². The molecule has 2 aromatic rings. The standard InChI is InChI=1S/C22H18Cl2N2O3/c1-12-2-8-16-17(10-12)22(29)26(21(16)28)15-6-3-13(4-7-15)20(27)25-14-5-9-18(23)19(24)11-14/h2-7,9,11,16-17H,8,10H2,1H3,(H,25,27)/t16-,17-/m1/s1. The summed E-state index contributed by atoms with van der Waals surface area (Å²) in [5.41, 5.74) is 2.54. The van der Waals surface area contributed by atoms with E-state index >= 15 is 0 Å². The van der Waals surface area contributed by atoms with E-state index in [9.17, 15) is 14.4 Å². The van der Waals surface area contributed by atoms with Crippen LogP contribution in [0.3, 0.4) is 0 Å². The van der Waals surface area contributed by atoms with Crippen LogP contribution in [0.2, 0.25) is 10.0 Å². The molecule has 1 fully saturated rings. The third-order valence-corrected chi connectivity index (χ3v) is 6.13. The molecule has 4 rings (SSSR count). The SMILES string of the molecule is CC1=CC[C@H]2C(=O)N(c3ccc(C(=O)Nc4ccc(Cl)c(Cl)c4)cc3)C(=O)[C@@H]2C1. The summed E-state index contributed by atoms with van der Waals surface area (Å²) in [6.07, 6.45) is 3.25. The molecule has 0 saturated carbocycles. The molecule has 1 aliphatic heterocycles. The molecule has 2 atom stereocenters. The average molecular weight is 429 g/mol. The average Bonchev–Trinajstić information content (AvgIpc) is 2.94. The Morgan fingerprint density at radius 3 is 2.38 bits per heavy atom. The molecule has 0 unspecified atom stereocenters. The third kappa shape index (κ3) is 3.68. The van der Waals surface area contributed by atoms with Gasteiger partial charge in [-0.2, -0.15) is 0 Å². The van der Waals surface area contributed by atoms with Crippen molar-refractivity contribution in [3.05, 3.63) is 69.7 Å². The number of nitrogens with zero attached hydrogens (tertiary/aromatic N) is 1. The molecule has 3 amide bonds. The van der Waals surface area contributed by atoms with E-state index in [2.05, 4.69) is 5.32 Å². The van der Waals surface area contributed by atoms with E-state index < -0.39 is 0 Å². The first kappa shape index (κ1) is 19.7. The lowest BCUT2D eigenvalue weighted by atomic mass is 9.82. The number of fused-ring (bicyclic) bond motifs is 1. The van der Waals surface area contributed by atoms with Gasteiger partial charge in [0.15, 0.2) is 0 Å². The van der Waals surface area contributed by atoms with Crippen molar-refractivity contribution >= 4 is 52.3 Å². The fraction of sp³-hybridized carbons (Fsp3) is 0.227. The topological polar surface area (TPSA) is 66.5 Å². The predicted octanol–water partition coefficient (Wildman–Crippen LogP) is 5.09. The van der Waals surface area contributed by atoms with Crippen LogP contribution in [-0.2, 0) is 9.59 Å². The minimum absolute atomic E-state index is 0.166. The van der Waals surface area contributed by atoms with Crippen LogP contribution in [0.5, 0.6) is 0 Å². The summed E-state index contributed by atoms with van der Waals surface area (Å²) < 4.78 is 0. The number of allylic oxidation sites excluding steroid dienone is 2. The second-order valence-electron chi connectivity index (χ2n) is 7.35. The lowest BCUT2D eigenvalue weighted by Gasteiger charge is -2.18. The predicted molar refractivity (Wildman–Crippen MR) is 113 cm³/mol. The Balaban J connectivity index is 1.50. The summed E-state index contributed by atoms with van der Waals surface area (Å²) in [4.78, 5) is 39.3. The summed E-state index contributed by atoms with van der Waals surface area (Å²) in [7, 11) is 0. The Hall–Kier alpha value is -2.63. The Bertz CT molecular complexity index is 1050. The molecule has 0 aromatic heterocycles. The van der Waals surface area contributed by atoms with Crippen molar-refractivity contribution < 1.29 is 14.4 Å². The van der Waals surface area contributed by atoms with E-state index in [1.54, 1.807) is 42.5 Å². The van der Waals surface area contributed by atoms with Crippen molar-refractivity contribution in [3.8, 4) is 0 Å². The molecular formula is C22H18Cl2N2O3. The molecule has 1 N–H and O–H groups in total. The van der Waals surface area contributed by atoms with E-state index in [1.165, 1.54) is 4.90 Å².